The van der Waals surface area contributed by atoms with Gasteiger partial charge in [0.25, 0.3) is 0 Å². The lowest BCUT2D eigenvalue weighted by molar-refractivity contribution is -0.146. The van der Waals surface area contributed by atoms with Gasteiger partial charge in [-0.3, -0.25) is 9.69 Å². The van der Waals surface area contributed by atoms with Crippen LogP contribution in [0.15, 0.2) is 55.1 Å². The number of fused-ring (bicyclic) bond motifs is 1. The van der Waals surface area contributed by atoms with Crippen molar-refractivity contribution >= 4 is 29.1 Å². The number of halogens is 2. The van der Waals surface area contributed by atoms with E-state index in [-0.39, 0.29) is 24.1 Å². The highest BCUT2D eigenvalue weighted by Crippen LogP contribution is 2.52. The number of hydrogen-bond donors (Lipinski definition) is 2. The number of amides is 1. The third-order valence-corrected chi connectivity index (χ3v) is 8.51. The molecule has 3 atom stereocenters. The van der Waals surface area contributed by atoms with Crippen molar-refractivity contribution < 1.29 is 15.0 Å². The topological polar surface area (TPSA) is 64.0 Å². The van der Waals surface area contributed by atoms with Gasteiger partial charge in [0.1, 0.15) is 5.75 Å². The second kappa shape index (κ2) is 9.90. The van der Waals surface area contributed by atoms with Gasteiger partial charge in [-0.05, 0) is 67.6 Å². The number of likely N-dealkylation sites (N-methyl/N-ethyl adjacent to an activating group) is 1. The van der Waals surface area contributed by atoms with Crippen molar-refractivity contribution in [3.05, 3.63) is 76.3 Å². The number of β-amino-alcohol motifs (C(OH)–C–C–N with tert-alkyl or cyclic N) is 1. The van der Waals surface area contributed by atoms with Crippen molar-refractivity contribution in [2.24, 2.45) is 0 Å². The summed E-state index contributed by atoms with van der Waals surface area (Å²) in [5.41, 5.74) is 0.249. The Morgan fingerprint density at radius 1 is 1.24 bits per heavy atom. The number of piperidine rings is 1. The average Bonchev–Trinajstić information content (AvgIpc) is 2.80. The predicted molar refractivity (Wildman–Crippen MR) is 137 cm³/mol. The number of nitrogens with zero attached hydrogens (tertiary/aromatic N) is 2. The lowest BCUT2D eigenvalue weighted by atomic mass is 9.55. The van der Waals surface area contributed by atoms with E-state index >= 15 is 0 Å². The highest BCUT2D eigenvalue weighted by atomic mass is 35.5. The summed E-state index contributed by atoms with van der Waals surface area (Å²) in [7, 11) is 1.85. The quantitative estimate of drug-likeness (QED) is 0.556. The first kappa shape index (κ1) is 25.1. The summed E-state index contributed by atoms with van der Waals surface area (Å²) >= 11 is 12.2. The molecule has 1 saturated heterocycles. The molecule has 182 valence electrons. The number of likely N-dealkylation sites (tertiary alicyclic amines) is 1. The second-order valence-corrected chi connectivity index (χ2v) is 10.6. The summed E-state index contributed by atoms with van der Waals surface area (Å²) in [5, 5.41) is 23.2. The third kappa shape index (κ3) is 4.72. The SMILES string of the molecule is C=CCN1CC[C@@]2(c3cccc(O)c3)C[C@H](N(C)C(=O)Cc3ccc(Cl)c(Cl)c3)CC[C@]2(O)C1. The fraction of sp³-hybridized carbons (Fsp3) is 0.444. The number of phenols is 1. The molecular formula is C27H32Cl2N2O3. The number of carbonyl (C=O) groups excluding carboxylic acids is 1. The molecule has 0 spiro atoms. The summed E-state index contributed by atoms with van der Waals surface area (Å²) in [5.74, 6) is 0.192. The van der Waals surface area contributed by atoms with Crippen LogP contribution in [0.3, 0.4) is 0 Å². The van der Waals surface area contributed by atoms with Crippen LogP contribution in [0.5, 0.6) is 5.75 Å². The van der Waals surface area contributed by atoms with E-state index in [1.807, 2.05) is 36.2 Å². The molecular weight excluding hydrogens is 471 g/mol. The monoisotopic (exact) mass is 502 g/mol. The minimum atomic E-state index is -0.952. The molecule has 1 aliphatic heterocycles. The Kier molecular flexibility index (Phi) is 7.30. The van der Waals surface area contributed by atoms with Crippen molar-refractivity contribution in [3.63, 3.8) is 0 Å². The van der Waals surface area contributed by atoms with Gasteiger partial charge in [0.2, 0.25) is 5.91 Å². The molecule has 1 amide bonds. The van der Waals surface area contributed by atoms with Crippen LogP contribution < -0.4 is 0 Å². The molecule has 0 aromatic heterocycles. The van der Waals surface area contributed by atoms with E-state index in [1.54, 1.807) is 24.3 Å². The van der Waals surface area contributed by atoms with Gasteiger partial charge in [0, 0.05) is 31.6 Å². The van der Waals surface area contributed by atoms with Crippen LogP contribution in [-0.2, 0) is 16.6 Å². The summed E-state index contributed by atoms with van der Waals surface area (Å²) in [6.45, 7) is 5.94. The number of carbonyl (C=O) groups is 1. The molecule has 1 heterocycles. The van der Waals surface area contributed by atoms with E-state index in [0.717, 1.165) is 30.6 Å². The number of hydrogen-bond acceptors (Lipinski definition) is 4. The fourth-order valence-electron chi connectivity index (χ4n) is 5.86. The van der Waals surface area contributed by atoms with Crippen LogP contribution in [0.2, 0.25) is 10.0 Å². The largest absolute Gasteiger partial charge is 0.508 e. The number of benzene rings is 2. The maximum Gasteiger partial charge on any atom is 0.226 e. The molecule has 2 aromatic carbocycles. The van der Waals surface area contributed by atoms with Gasteiger partial charge in [0.15, 0.2) is 0 Å². The van der Waals surface area contributed by atoms with E-state index in [4.69, 9.17) is 23.2 Å². The molecule has 0 bridgehead atoms. The van der Waals surface area contributed by atoms with E-state index in [1.165, 1.54) is 0 Å². The molecule has 0 unspecified atom stereocenters. The Labute approximate surface area is 211 Å². The van der Waals surface area contributed by atoms with Gasteiger partial charge in [-0.2, -0.15) is 0 Å². The summed E-state index contributed by atoms with van der Waals surface area (Å²) in [4.78, 5) is 17.3. The van der Waals surface area contributed by atoms with Crippen molar-refractivity contribution in [1.82, 2.24) is 9.80 Å². The molecule has 2 aromatic rings. The van der Waals surface area contributed by atoms with Gasteiger partial charge < -0.3 is 15.1 Å². The van der Waals surface area contributed by atoms with Crippen LogP contribution >= 0.6 is 23.2 Å². The van der Waals surface area contributed by atoms with Gasteiger partial charge in [0.05, 0.1) is 22.1 Å². The zero-order valence-corrected chi connectivity index (χ0v) is 21.0. The lowest BCUT2D eigenvalue weighted by Crippen LogP contribution is -2.67. The molecule has 7 heteroatoms. The number of aliphatic hydroxyl groups is 1. The average molecular weight is 503 g/mol. The standard InChI is InChI=1S/C27H32Cl2N2O3/c1-3-12-31-13-11-26(20-5-4-6-22(32)16-20)17-21(9-10-27(26,34)18-31)30(2)25(33)15-19-7-8-23(28)24(29)14-19/h3-8,14,16,21,32,34H,1,9-13,15,17-18H2,2H3/t21-,26+,27+/m1/s1. The smallest absolute Gasteiger partial charge is 0.226 e. The molecule has 0 radical (unpaired) electrons. The second-order valence-electron chi connectivity index (χ2n) is 9.76. The number of rotatable bonds is 6. The van der Waals surface area contributed by atoms with Crippen molar-refractivity contribution in [3.8, 4) is 5.75 Å². The van der Waals surface area contributed by atoms with Crippen molar-refractivity contribution in [2.45, 2.75) is 49.2 Å². The lowest BCUT2D eigenvalue weighted by Gasteiger charge is -2.59. The number of aromatic hydroxyl groups is 1. The highest BCUT2D eigenvalue weighted by Gasteiger charge is 2.58. The van der Waals surface area contributed by atoms with Gasteiger partial charge in [-0.1, -0.05) is 47.5 Å². The minimum Gasteiger partial charge on any atom is -0.508 e. The molecule has 1 aliphatic carbocycles. The fourth-order valence-corrected chi connectivity index (χ4v) is 6.18. The Morgan fingerprint density at radius 3 is 2.74 bits per heavy atom. The summed E-state index contributed by atoms with van der Waals surface area (Å²) in [6, 6.07) is 12.5. The van der Waals surface area contributed by atoms with Crippen LogP contribution in [0, 0.1) is 0 Å². The molecule has 2 aliphatic rings. The van der Waals surface area contributed by atoms with Crippen LogP contribution in [0.25, 0.3) is 0 Å². The van der Waals surface area contributed by atoms with Gasteiger partial charge in [-0.25, -0.2) is 0 Å². The molecule has 1 saturated carbocycles. The van der Waals surface area contributed by atoms with E-state index in [9.17, 15) is 15.0 Å². The summed E-state index contributed by atoms with van der Waals surface area (Å²) in [6.07, 6.45) is 4.77. The third-order valence-electron chi connectivity index (χ3n) is 7.77. The van der Waals surface area contributed by atoms with Gasteiger partial charge in [-0.15, -0.1) is 6.58 Å². The maximum absolute atomic E-state index is 13.2. The molecule has 4 rings (SSSR count). The van der Waals surface area contributed by atoms with E-state index in [2.05, 4.69) is 11.5 Å². The zero-order valence-electron chi connectivity index (χ0n) is 19.5. The molecule has 2 fully saturated rings. The molecule has 2 N–H and O–H groups in total. The molecule has 5 nitrogen and oxygen atoms in total. The Bertz CT molecular complexity index is 1080. The Hall–Kier alpha value is -2.05. The minimum absolute atomic E-state index is 0.00369. The molecule has 34 heavy (non-hydrogen) atoms. The van der Waals surface area contributed by atoms with E-state index in [0.29, 0.717) is 35.9 Å². The summed E-state index contributed by atoms with van der Waals surface area (Å²) < 4.78 is 0. The van der Waals surface area contributed by atoms with E-state index < -0.39 is 11.0 Å². The van der Waals surface area contributed by atoms with Gasteiger partial charge >= 0.3 is 0 Å². The highest BCUT2D eigenvalue weighted by molar-refractivity contribution is 6.42. The van der Waals surface area contributed by atoms with Crippen LogP contribution in [0.4, 0.5) is 0 Å². The zero-order chi connectivity index (χ0) is 24.5. The Morgan fingerprint density at radius 2 is 2.03 bits per heavy atom. The van der Waals surface area contributed by atoms with Crippen LogP contribution in [-0.4, -0.2) is 64.2 Å². The predicted octanol–water partition coefficient (Wildman–Crippen LogP) is 4.81. The van der Waals surface area contributed by atoms with Crippen LogP contribution in [0.1, 0.15) is 36.8 Å². The first-order valence-corrected chi connectivity index (χ1v) is 12.5. The first-order valence-electron chi connectivity index (χ1n) is 11.7. The van der Waals surface area contributed by atoms with Crippen molar-refractivity contribution in [2.75, 3.05) is 26.7 Å². The number of phenolic OH excluding ortho intramolecular Hbond substituents is 1. The maximum atomic E-state index is 13.2. The normalized spacial score (nSPS) is 27.1. The Balaban J connectivity index is 1.60. The van der Waals surface area contributed by atoms with Crippen molar-refractivity contribution in [1.29, 1.82) is 0 Å². The first-order chi connectivity index (χ1) is 16.2.